The van der Waals surface area contributed by atoms with Gasteiger partial charge in [-0.25, -0.2) is 4.39 Å². The van der Waals surface area contributed by atoms with E-state index in [-0.39, 0.29) is 12.8 Å². The first-order chi connectivity index (χ1) is 9.56. The Hall–Kier alpha value is -1.10. The molecular weight excluding hydrogens is 284 g/mol. The molecule has 0 heterocycles. The average molecular weight is 304 g/mol. The van der Waals surface area contributed by atoms with Crippen molar-refractivity contribution >= 4 is 0 Å². The molecule has 1 nitrogen and oxygen atoms in total. The van der Waals surface area contributed by atoms with E-state index in [1.165, 1.54) is 24.3 Å². The monoisotopic (exact) mass is 304 g/mol. The molecule has 1 aromatic rings. The third-order valence-electron chi connectivity index (χ3n) is 4.74. The number of rotatable bonds is 2. The zero-order chi connectivity index (χ0) is 15.9. The van der Waals surface area contributed by atoms with Gasteiger partial charge in [0.15, 0.2) is 5.60 Å². The van der Waals surface area contributed by atoms with Gasteiger partial charge in [0.2, 0.25) is 0 Å². The predicted octanol–water partition coefficient (Wildman–Crippen LogP) is 4.49. The molecule has 0 saturated heterocycles. The van der Waals surface area contributed by atoms with Crippen molar-refractivity contribution in [3.8, 4) is 0 Å². The van der Waals surface area contributed by atoms with E-state index < -0.39 is 28.9 Å². The van der Waals surface area contributed by atoms with Crippen LogP contribution in [0.4, 0.5) is 17.6 Å². The molecule has 118 valence electrons. The van der Waals surface area contributed by atoms with Crippen molar-refractivity contribution in [3.05, 3.63) is 35.6 Å². The third-order valence-corrected chi connectivity index (χ3v) is 4.74. The first-order valence-corrected chi connectivity index (χ1v) is 7.10. The first kappa shape index (κ1) is 16.3. The van der Waals surface area contributed by atoms with Crippen molar-refractivity contribution in [2.24, 2.45) is 11.3 Å². The molecule has 1 aliphatic carbocycles. The minimum absolute atomic E-state index is 0.0866. The molecule has 1 N–H and O–H groups in total. The lowest BCUT2D eigenvalue weighted by molar-refractivity contribution is -0.302. The molecule has 0 aromatic heterocycles. The van der Waals surface area contributed by atoms with Crippen LogP contribution in [-0.2, 0) is 6.42 Å². The molecule has 21 heavy (non-hydrogen) atoms. The van der Waals surface area contributed by atoms with Crippen LogP contribution in [0.2, 0.25) is 0 Å². The zero-order valence-electron chi connectivity index (χ0n) is 12.2. The van der Waals surface area contributed by atoms with Crippen molar-refractivity contribution in [2.45, 2.75) is 51.3 Å². The van der Waals surface area contributed by atoms with Crippen LogP contribution in [0.25, 0.3) is 0 Å². The Bertz CT molecular complexity index is 492. The largest absolute Gasteiger partial charge is 0.417 e. The van der Waals surface area contributed by atoms with Crippen LogP contribution in [-0.4, -0.2) is 16.9 Å². The van der Waals surface area contributed by atoms with Gasteiger partial charge in [-0.05, 0) is 48.8 Å². The molecule has 0 spiro atoms. The van der Waals surface area contributed by atoms with E-state index in [0.29, 0.717) is 18.4 Å². The van der Waals surface area contributed by atoms with Gasteiger partial charge >= 0.3 is 6.18 Å². The minimum atomic E-state index is -4.66. The third kappa shape index (κ3) is 3.07. The molecule has 0 radical (unpaired) electrons. The van der Waals surface area contributed by atoms with Crippen LogP contribution in [0.5, 0.6) is 0 Å². The Labute approximate surface area is 122 Å². The van der Waals surface area contributed by atoms with Gasteiger partial charge in [-0.15, -0.1) is 0 Å². The second-order valence-corrected chi connectivity index (χ2v) is 6.65. The van der Waals surface area contributed by atoms with Gasteiger partial charge in [-0.1, -0.05) is 26.0 Å². The highest BCUT2D eigenvalue weighted by Gasteiger charge is 2.62. The summed E-state index contributed by atoms with van der Waals surface area (Å²) in [5.41, 5.74) is -2.70. The number of alkyl halides is 3. The summed E-state index contributed by atoms with van der Waals surface area (Å²) < 4.78 is 53.1. The molecule has 1 aliphatic rings. The summed E-state index contributed by atoms with van der Waals surface area (Å²) in [7, 11) is 0. The lowest BCUT2D eigenvalue weighted by atomic mass is 9.59. The molecule has 1 fully saturated rings. The second-order valence-electron chi connectivity index (χ2n) is 6.65. The Balaban J connectivity index is 2.35. The molecule has 5 heteroatoms. The SMILES string of the molecule is CC1(C)CCC[C@](O)(C(F)(F)F)[C@H]1Cc1ccc(F)cc1. The summed E-state index contributed by atoms with van der Waals surface area (Å²) >= 11 is 0. The van der Waals surface area contributed by atoms with Crippen LogP contribution < -0.4 is 0 Å². The summed E-state index contributed by atoms with van der Waals surface area (Å²) in [6.07, 6.45) is -3.86. The van der Waals surface area contributed by atoms with Crippen LogP contribution in [0, 0.1) is 17.2 Å². The molecule has 0 amide bonds. The fraction of sp³-hybridized carbons (Fsp3) is 0.625. The van der Waals surface area contributed by atoms with Gasteiger partial charge in [-0.2, -0.15) is 13.2 Å². The number of hydrogen-bond acceptors (Lipinski definition) is 1. The van der Waals surface area contributed by atoms with E-state index in [4.69, 9.17) is 0 Å². The molecular formula is C16H20F4O. The van der Waals surface area contributed by atoms with E-state index in [1.54, 1.807) is 13.8 Å². The maximum atomic E-state index is 13.4. The van der Waals surface area contributed by atoms with Gasteiger partial charge in [0.1, 0.15) is 5.82 Å². The quantitative estimate of drug-likeness (QED) is 0.798. The summed E-state index contributed by atoms with van der Waals surface area (Å²) in [6, 6.07) is 5.43. The summed E-state index contributed by atoms with van der Waals surface area (Å²) in [5, 5.41) is 10.3. The molecule has 1 aromatic carbocycles. The molecule has 2 atom stereocenters. The normalized spacial score (nSPS) is 29.4. The number of aliphatic hydroxyl groups is 1. The van der Waals surface area contributed by atoms with Gasteiger partial charge in [0.25, 0.3) is 0 Å². The van der Waals surface area contributed by atoms with Crippen LogP contribution >= 0.6 is 0 Å². The highest BCUT2D eigenvalue weighted by Crippen LogP contribution is 2.53. The standard InChI is InChI=1S/C16H20F4O/c1-14(2)8-3-9-15(21,16(18,19)20)13(14)10-11-4-6-12(17)7-5-11/h4-7,13,21H,3,8-10H2,1-2H3/t13-,15+/m0/s1. The fourth-order valence-corrected chi connectivity index (χ4v) is 3.45. The topological polar surface area (TPSA) is 20.2 Å². The van der Waals surface area contributed by atoms with E-state index in [2.05, 4.69) is 0 Å². The minimum Gasteiger partial charge on any atom is -0.380 e. The Morgan fingerprint density at radius 1 is 1.14 bits per heavy atom. The highest BCUT2D eigenvalue weighted by atomic mass is 19.4. The molecule has 0 aliphatic heterocycles. The van der Waals surface area contributed by atoms with Crippen LogP contribution in [0.1, 0.15) is 38.7 Å². The molecule has 1 saturated carbocycles. The zero-order valence-corrected chi connectivity index (χ0v) is 12.2. The van der Waals surface area contributed by atoms with Gasteiger partial charge in [0.05, 0.1) is 0 Å². The number of hydrogen-bond donors (Lipinski definition) is 1. The first-order valence-electron chi connectivity index (χ1n) is 7.10. The Morgan fingerprint density at radius 2 is 1.71 bits per heavy atom. The van der Waals surface area contributed by atoms with E-state index in [9.17, 15) is 22.7 Å². The van der Waals surface area contributed by atoms with E-state index >= 15 is 0 Å². The lowest BCUT2D eigenvalue weighted by Gasteiger charge is -2.50. The maximum absolute atomic E-state index is 13.4. The predicted molar refractivity (Wildman–Crippen MR) is 72.2 cm³/mol. The summed E-state index contributed by atoms with van der Waals surface area (Å²) in [4.78, 5) is 0. The van der Waals surface area contributed by atoms with Crippen LogP contribution in [0.15, 0.2) is 24.3 Å². The van der Waals surface area contributed by atoms with E-state index in [1.807, 2.05) is 0 Å². The molecule has 0 bridgehead atoms. The molecule has 2 rings (SSSR count). The highest BCUT2D eigenvalue weighted by molar-refractivity contribution is 5.19. The van der Waals surface area contributed by atoms with Crippen molar-refractivity contribution in [3.63, 3.8) is 0 Å². The van der Waals surface area contributed by atoms with Crippen molar-refractivity contribution < 1.29 is 22.7 Å². The van der Waals surface area contributed by atoms with Gasteiger partial charge < -0.3 is 5.11 Å². The fourth-order valence-electron chi connectivity index (χ4n) is 3.45. The summed E-state index contributed by atoms with van der Waals surface area (Å²) in [6.45, 7) is 3.52. The molecule has 0 unspecified atom stereocenters. The van der Waals surface area contributed by atoms with Gasteiger partial charge in [0, 0.05) is 5.92 Å². The van der Waals surface area contributed by atoms with Crippen LogP contribution in [0.3, 0.4) is 0 Å². The number of benzene rings is 1. The maximum Gasteiger partial charge on any atom is 0.417 e. The Morgan fingerprint density at radius 3 is 2.24 bits per heavy atom. The van der Waals surface area contributed by atoms with Crippen molar-refractivity contribution in [1.82, 2.24) is 0 Å². The number of halogens is 4. The lowest BCUT2D eigenvalue weighted by Crippen LogP contribution is -2.58. The van der Waals surface area contributed by atoms with E-state index in [0.717, 1.165) is 0 Å². The second kappa shape index (κ2) is 5.27. The van der Waals surface area contributed by atoms with Gasteiger partial charge in [-0.3, -0.25) is 0 Å². The van der Waals surface area contributed by atoms with Crippen molar-refractivity contribution in [2.75, 3.05) is 0 Å². The summed E-state index contributed by atoms with van der Waals surface area (Å²) in [5.74, 6) is -1.36. The smallest absolute Gasteiger partial charge is 0.380 e. The Kier molecular flexibility index (Phi) is 4.08. The van der Waals surface area contributed by atoms with Crippen molar-refractivity contribution in [1.29, 1.82) is 0 Å². The average Bonchev–Trinajstić information content (AvgIpc) is 2.34.